The molecule has 0 unspecified atom stereocenters. The van der Waals surface area contributed by atoms with Crippen molar-refractivity contribution in [2.45, 2.75) is 26.3 Å². The summed E-state index contributed by atoms with van der Waals surface area (Å²) in [7, 11) is 1.68. The average molecular weight is 350 g/mol. The van der Waals surface area contributed by atoms with Crippen molar-refractivity contribution in [3.8, 4) is 0 Å². The Balaban J connectivity index is 0.00000484. The van der Waals surface area contributed by atoms with Crippen molar-refractivity contribution in [2.24, 2.45) is 0 Å². The quantitative estimate of drug-likeness (QED) is 0.630. The number of imide groups is 1. The molecule has 0 aromatic rings. The molecule has 0 bridgehead atoms. The van der Waals surface area contributed by atoms with E-state index in [2.05, 4.69) is 16.0 Å². The molecule has 1 fully saturated rings. The minimum absolute atomic E-state index is 0. The van der Waals surface area contributed by atoms with Gasteiger partial charge in [-0.1, -0.05) is 0 Å². The van der Waals surface area contributed by atoms with Gasteiger partial charge in [0.05, 0.1) is 13.1 Å². The number of urea groups is 1. The summed E-state index contributed by atoms with van der Waals surface area (Å²) >= 11 is 0. The summed E-state index contributed by atoms with van der Waals surface area (Å²) in [6.45, 7) is 8.61. The molecule has 1 rings (SSSR count). The average Bonchev–Trinajstić information content (AvgIpc) is 2.36. The summed E-state index contributed by atoms with van der Waals surface area (Å²) in [6.07, 6.45) is 0. The van der Waals surface area contributed by atoms with Crippen molar-refractivity contribution < 1.29 is 14.4 Å². The normalized spacial score (nSPS) is 14.9. The molecule has 3 N–H and O–H groups in total. The predicted molar refractivity (Wildman–Crippen MR) is 90.6 cm³/mol. The molecule has 0 aliphatic carbocycles. The molecule has 1 aliphatic heterocycles. The van der Waals surface area contributed by atoms with Gasteiger partial charge in [0.2, 0.25) is 11.8 Å². The third-order valence-corrected chi connectivity index (χ3v) is 3.03. The van der Waals surface area contributed by atoms with Gasteiger partial charge in [0.15, 0.2) is 0 Å². The van der Waals surface area contributed by atoms with Gasteiger partial charge in [-0.2, -0.15) is 0 Å². The molecule has 8 nitrogen and oxygen atoms in total. The van der Waals surface area contributed by atoms with Crippen LogP contribution in [0.15, 0.2) is 0 Å². The second-order valence-electron chi connectivity index (χ2n) is 6.56. The minimum Gasteiger partial charge on any atom is -0.339 e. The zero-order valence-electron chi connectivity index (χ0n) is 14.3. The molecular formula is C14H28ClN5O3. The van der Waals surface area contributed by atoms with Crippen LogP contribution >= 0.6 is 12.4 Å². The third-order valence-electron chi connectivity index (χ3n) is 3.03. The van der Waals surface area contributed by atoms with Crippen molar-refractivity contribution in [1.82, 2.24) is 25.8 Å². The molecule has 4 amide bonds. The molecule has 1 heterocycles. The molecule has 0 radical (unpaired) electrons. The van der Waals surface area contributed by atoms with Crippen molar-refractivity contribution in [2.75, 3.05) is 46.3 Å². The smallest absolute Gasteiger partial charge is 0.321 e. The van der Waals surface area contributed by atoms with E-state index in [4.69, 9.17) is 0 Å². The molecule has 9 heteroatoms. The highest BCUT2D eigenvalue weighted by molar-refractivity contribution is 5.95. The molecule has 134 valence electrons. The van der Waals surface area contributed by atoms with Crippen LogP contribution in [0.1, 0.15) is 20.8 Å². The van der Waals surface area contributed by atoms with E-state index < -0.39 is 17.5 Å². The van der Waals surface area contributed by atoms with Crippen LogP contribution in [0.25, 0.3) is 0 Å². The van der Waals surface area contributed by atoms with Crippen LogP contribution in [-0.2, 0) is 9.59 Å². The first-order chi connectivity index (χ1) is 10.2. The summed E-state index contributed by atoms with van der Waals surface area (Å²) < 4.78 is 0. The summed E-state index contributed by atoms with van der Waals surface area (Å²) in [6, 6.07) is -0.528. The van der Waals surface area contributed by atoms with E-state index in [1.165, 1.54) is 0 Å². The Morgan fingerprint density at radius 1 is 1.13 bits per heavy atom. The Morgan fingerprint density at radius 2 is 1.70 bits per heavy atom. The maximum atomic E-state index is 12.0. The largest absolute Gasteiger partial charge is 0.339 e. The number of hydrogen-bond acceptors (Lipinski definition) is 5. The van der Waals surface area contributed by atoms with Crippen LogP contribution in [0, 0.1) is 0 Å². The molecule has 23 heavy (non-hydrogen) atoms. The van der Waals surface area contributed by atoms with Crippen molar-refractivity contribution in [1.29, 1.82) is 0 Å². The summed E-state index contributed by atoms with van der Waals surface area (Å²) in [5, 5.41) is 8.08. The Kier molecular flexibility index (Phi) is 9.11. The monoisotopic (exact) mass is 349 g/mol. The number of rotatable bonds is 4. The number of halogens is 1. The van der Waals surface area contributed by atoms with E-state index in [1.807, 2.05) is 20.8 Å². The van der Waals surface area contributed by atoms with E-state index >= 15 is 0 Å². The fraction of sp³-hybridized carbons (Fsp3) is 0.786. The molecular weight excluding hydrogens is 322 g/mol. The number of piperazine rings is 1. The molecule has 0 aromatic heterocycles. The highest BCUT2D eigenvalue weighted by Crippen LogP contribution is 1.98. The number of nitrogens with zero attached hydrogens (tertiary/aromatic N) is 2. The number of carbonyl (C=O) groups excluding carboxylic acids is 3. The van der Waals surface area contributed by atoms with Crippen LogP contribution in [0.4, 0.5) is 4.79 Å². The van der Waals surface area contributed by atoms with Crippen LogP contribution in [-0.4, -0.2) is 79.5 Å². The van der Waals surface area contributed by atoms with Crippen molar-refractivity contribution >= 4 is 30.3 Å². The fourth-order valence-electron chi connectivity index (χ4n) is 2.08. The van der Waals surface area contributed by atoms with E-state index in [0.717, 1.165) is 13.1 Å². The Bertz CT molecular complexity index is 419. The zero-order valence-corrected chi connectivity index (χ0v) is 15.1. The first-order valence-corrected chi connectivity index (χ1v) is 7.46. The van der Waals surface area contributed by atoms with E-state index in [0.29, 0.717) is 13.1 Å². The summed E-state index contributed by atoms with van der Waals surface area (Å²) in [5.41, 5.74) is -0.408. The van der Waals surface area contributed by atoms with Gasteiger partial charge < -0.3 is 15.5 Å². The Hall–Kier alpha value is -1.38. The number of nitrogens with one attached hydrogen (secondary N) is 3. The molecule has 0 spiro atoms. The molecule has 0 atom stereocenters. The van der Waals surface area contributed by atoms with E-state index in [9.17, 15) is 14.4 Å². The fourth-order valence-corrected chi connectivity index (χ4v) is 2.08. The molecule has 0 saturated carbocycles. The molecule has 1 aliphatic rings. The lowest BCUT2D eigenvalue weighted by molar-refractivity contribution is -0.133. The van der Waals surface area contributed by atoms with Crippen molar-refractivity contribution in [3.05, 3.63) is 0 Å². The lowest BCUT2D eigenvalue weighted by Crippen LogP contribution is -2.52. The van der Waals surface area contributed by atoms with Gasteiger partial charge in [-0.3, -0.25) is 19.8 Å². The summed E-state index contributed by atoms with van der Waals surface area (Å²) in [5.74, 6) is -0.437. The van der Waals surface area contributed by atoms with Gasteiger partial charge in [0, 0.05) is 31.7 Å². The Labute approximate surface area is 143 Å². The SMILES string of the molecule is CN(CC(=O)NC(=O)NC(C)(C)C)CC(=O)N1CCNCC1.Cl. The number of hydrogen-bond donors (Lipinski definition) is 3. The highest BCUT2D eigenvalue weighted by Gasteiger charge is 2.20. The van der Waals surface area contributed by atoms with Gasteiger partial charge in [0.25, 0.3) is 0 Å². The summed E-state index contributed by atoms with van der Waals surface area (Å²) in [4.78, 5) is 38.8. The number of amides is 4. The van der Waals surface area contributed by atoms with Gasteiger partial charge >= 0.3 is 6.03 Å². The second-order valence-corrected chi connectivity index (χ2v) is 6.56. The maximum Gasteiger partial charge on any atom is 0.321 e. The van der Waals surface area contributed by atoms with Gasteiger partial charge in [-0.25, -0.2) is 4.79 Å². The maximum absolute atomic E-state index is 12.0. The van der Waals surface area contributed by atoms with Crippen LogP contribution in [0.2, 0.25) is 0 Å². The first-order valence-electron chi connectivity index (χ1n) is 7.46. The lowest BCUT2D eigenvalue weighted by Gasteiger charge is -2.29. The number of carbonyl (C=O) groups is 3. The molecule has 0 aromatic carbocycles. The standard InChI is InChI=1S/C14H27N5O3.ClH/c1-14(2,3)17-13(22)16-11(20)9-18(4)10-12(21)19-7-5-15-6-8-19;/h15H,5-10H2,1-4H3,(H2,16,17,20,22);1H. The van der Waals surface area contributed by atoms with Gasteiger partial charge in [0.1, 0.15) is 0 Å². The van der Waals surface area contributed by atoms with E-state index in [1.54, 1.807) is 16.8 Å². The van der Waals surface area contributed by atoms with Gasteiger partial charge in [-0.15, -0.1) is 12.4 Å². The first kappa shape index (κ1) is 21.6. The highest BCUT2D eigenvalue weighted by atomic mass is 35.5. The van der Waals surface area contributed by atoms with E-state index in [-0.39, 0.29) is 31.4 Å². The zero-order chi connectivity index (χ0) is 16.8. The third kappa shape index (κ3) is 9.37. The minimum atomic E-state index is -0.528. The number of likely N-dealkylation sites (N-methyl/N-ethyl adjacent to an activating group) is 1. The second kappa shape index (κ2) is 9.69. The van der Waals surface area contributed by atoms with Gasteiger partial charge in [-0.05, 0) is 27.8 Å². The molecule has 1 saturated heterocycles. The predicted octanol–water partition coefficient (Wildman–Crippen LogP) is -0.604. The Morgan fingerprint density at radius 3 is 2.22 bits per heavy atom. The lowest BCUT2D eigenvalue weighted by atomic mass is 10.1. The topological polar surface area (TPSA) is 93.8 Å². The van der Waals surface area contributed by atoms with Crippen LogP contribution < -0.4 is 16.0 Å². The van der Waals surface area contributed by atoms with Crippen LogP contribution in [0.3, 0.4) is 0 Å². The van der Waals surface area contributed by atoms with Crippen LogP contribution in [0.5, 0.6) is 0 Å². The van der Waals surface area contributed by atoms with Crippen molar-refractivity contribution in [3.63, 3.8) is 0 Å².